The molecule has 45 heavy (non-hydrogen) atoms. The Bertz CT molecular complexity index is 1840. The Kier molecular flexibility index (Phi) is 8.10. The number of carboxylic acids is 1. The van der Waals surface area contributed by atoms with Crippen LogP contribution in [0.4, 0.5) is 10.8 Å². The van der Waals surface area contributed by atoms with Crippen molar-refractivity contribution in [1.29, 1.82) is 0 Å². The number of fused-ring (bicyclic) bond motifs is 2. The molecule has 1 fully saturated rings. The van der Waals surface area contributed by atoms with Crippen LogP contribution < -0.4 is 27.1 Å². The van der Waals surface area contributed by atoms with Crippen molar-refractivity contribution in [2.45, 2.75) is 28.8 Å². The summed E-state index contributed by atoms with van der Waals surface area (Å²) in [6, 6.07) is 4.11. The number of carbonyl (C=O) groups is 4. The van der Waals surface area contributed by atoms with E-state index < -0.39 is 58.0 Å². The Hall–Kier alpha value is -4.68. The minimum absolute atomic E-state index is 0.0293. The number of carboxylic acid groups (broad SMARTS) is 1. The number of aromatic hydroxyl groups is 1. The standard InChI is InChI=1S/C27H25N7O8S3/c28-27-30-15(10-45-27)19(31-22(37)16-6-17(35)18(36)7-33(16)42)23(38)32-20-24(39)34-21(26(40)41)12(9-44-25(20)34)8-43-13-1-2-14-11(5-13)3-4-29-14/h1-2,5-7,10,19-20,25,29,36,42H,3-4,8-9H2,(H2,28,30)(H,31,37)(H,32,38)(H,40,41)/t19?,20-,25-/m1/s1. The Morgan fingerprint density at radius 1 is 1.24 bits per heavy atom. The lowest BCUT2D eigenvalue weighted by Gasteiger charge is -2.49. The van der Waals surface area contributed by atoms with Crippen LogP contribution in [0.5, 0.6) is 5.75 Å². The van der Waals surface area contributed by atoms with Gasteiger partial charge >= 0.3 is 5.97 Å². The molecule has 3 aliphatic heterocycles. The van der Waals surface area contributed by atoms with Crippen molar-refractivity contribution in [2.24, 2.45) is 0 Å². The molecule has 0 spiro atoms. The van der Waals surface area contributed by atoms with Gasteiger partial charge in [0.2, 0.25) is 11.3 Å². The van der Waals surface area contributed by atoms with Crippen LogP contribution in [0, 0.1) is 0 Å². The summed E-state index contributed by atoms with van der Waals surface area (Å²) in [5.41, 5.74) is 7.00. The molecule has 15 nitrogen and oxygen atoms in total. The Balaban J connectivity index is 1.18. The number of nitrogens with zero attached hydrogens (tertiary/aromatic N) is 3. The number of pyridine rings is 1. The number of anilines is 2. The molecule has 18 heteroatoms. The van der Waals surface area contributed by atoms with E-state index in [1.807, 2.05) is 12.1 Å². The first-order valence-electron chi connectivity index (χ1n) is 13.4. The second-order valence-corrected chi connectivity index (χ2v) is 13.3. The van der Waals surface area contributed by atoms with E-state index in [0.29, 0.717) is 29.3 Å². The molecule has 6 rings (SSSR count). The highest BCUT2D eigenvalue weighted by Gasteiger charge is 2.54. The van der Waals surface area contributed by atoms with Crippen molar-refractivity contribution in [2.75, 3.05) is 29.1 Å². The molecule has 3 aromatic rings. The van der Waals surface area contributed by atoms with Crippen molar-refractivity contribution in [1.82, 2.24) is 25.2 Å². The van der Waals surface area contributed by atoms with Gasteiger partial charge in [0.15, 0.2) is 16.9 Å². The van der Waals surface area contributed by atoms with Crippen molar-refractivity contribution in [3.05, 3.63) is 74.3 Å². The molecular formula is C27H25N7O8S3. The van der Waals surface area contributed by atoms with E-state index in [9.17, 15) is 39.4 Å². The monoisotopic (exact) mass is 671 g/mol. The van der Waals surface area contributed by atoms with Crippen LogP contribution in [-0.4, -0.2) is 83.2 Å². The number of thiazole rings is 1. The fourth-order valence-corrected chi connectivity index (χ4v) is 8.20. The highest BCUT2D eigenvalue weighted by atomic mass is 32.2. The average molecular weight is 672 g/mol. The number of rotatable bonds is 9. The number of aromatic nitrogens is 2. The molecule has 0 bridgehead atoms. The van der Waals surface area contributed by atoms with Gasteiger partial charge in [0, 0.05) is 40.1 Å². The molecule has 234 valence electrons. The number of hydrogen-bond donors (Lipinski definition) is 7. The molecule has 1 saturated heterocycles. The zero-order valence-electron chi connectivity index (χ0n) is 23.1. The Morgan fingerprint density at radius 2 is 2.04 bits per heavy atom. The quantitative estimate of drug-likeness (QED) is 0.0950. The van der Waals surface area contributed by atoms with Crippen LogP contribution in [-0.2, 0) is 20.8 Å². The summed E-state index contributed by atoms with van der Waals surface area (Å²) in [5.74, 6) is -3.92. The maximum atomic E-state index is 13.5. The summed E-state index contributed by atoms with van der Waals surface area (Å²) in [5, 5.41) is 38.6. The number of hydrogen-bond acceptors (Lipinski definition) is 13. The molecule has 8 N–H and O–H groups in total. The van der Waals surface area contributed by atoms with Crippen LogP contribution in [0.15, 0.2) is 56.8 Å². The summed E-state index contributed by atoms with van der Waals surface area (Å²) in [6.45, 7) is 0.874. The van der Waals surface area contributed by atoms with Crippen LogP contribution in [0.25, 0.3) is 0 Å². The number of nitrogen functional groups attached to an aromatic ring is 1. The number of aliphatic carboxylic acids is 1. The van der Waals surface area contributed by atoms with Crippen molar-refractivity contribution >= 4 is 69.4 Å². The van der Waals surface area contributed by atoms with Crippen LogP contribution in [0.3, 0.4) is 0 Å². The van der Waals surface area contributed by atoms with Crippen LogP contribution in [0.2, 0.25) is 0 Å². The normalized spacial score (nSPS) is 19.2. The molecule has 3 amide bonds. The SMILES string of the molecule is Nc1nc(C(NC(=O)c2cc(=O)c(O)cn2O)C(=O)N[C@@H]2C(=O)N3C(C(=O)O)=C(CSc4ccc5c(c4)CCN5)CS[C@H]23)cs1. The third kappa shape index (κ3) is 5.78. The zero-order valence-corrected chi connectivity index (χ0v) is 25.5. The predicted molar refractivity (Wildman–Crippen MR) is 165 cm³/mol. The minimum atomic E-state index is -1.51. The number of benzene rings is 1. The Labute approximate surface area is 266 Å². The number of nitrogens with one attached hydrogen (secondary N) is 3. The Morgan fingerprint density at radius 3 is 2.78 bits per heavy atom. The molecule has 5 heterocycles. The molecule has 0 saturated carbocycles. The maximum Gasteiger partial charge on any atom is 0.352 e. The summed E-state index contributed by atoms with van der Waals surface area (Å²) in [4.78, 5) is 70.1. The summed E-state index contributed by atoms with van der Waals surface area (Å²) in [6.07, 6.45) is 1.54. The largest absolute Gasteiger partial charge is 0.503 e. The van der Waals surface area contributed by atoms with E-state index in [1.165, 1.54) is 39.4 Å². The predicted octanol–water partition coefficient (Wildman–Crippen LogP) is 0.800. The first-order chi connectivity index (χ1) is 21.5. The van der Waals surface area contributed by atoms with Crippen molar-refractivity contribution in [3.8, 4) is 5.75 Å². The van der Waals surface area contributed by atoms with Crippen molar-refractivity contribution in [3.63, 3.8) is 0 Å². The molecule has 0 aliphatic carbocycles. The number of β-lactam (4-membered cyclic amide) rings is 1. The second kappa shape index (κ2) is 12.0. The highest BCUT2D eigenvalue weighted by Crippen LogP contribution is 2.42. The van der Waals surface area contributed by atoms with Gasteiger partial charge in [-0.15, -0.1) is 34.9 Å². The second-order valence-electron chi connectivity index (χ2n) is 10.2. The summed E-state index contributed by atoms with van der Waals surface area (Å²) in [7, 11) is 0. The van der Waals surface area contributed by atoms with Gasteiger partial charge in [0.25, 0.3) is 11.8 Å². The highest BCUT2D eigenvalue weighted by molar-refractivity contribution is 8.01. The molecule has 3 atom stereocenters. The summed E-state index contributed by atoms with van der Waals surface area (Å²) < 4.78 is 0.222. The zero-order chi connectivity index (χ0) is 32.0. The first-order valence-corrected chi connectivity index (χ1v) is 16.3. The molecule has 2 aromatic heterocycles. The fraction of sp³-hybridized carbons (Fsp3) is 0.259. The third-order valence-corrected chi connectivity index (χ3v) is 10.5. The van der Waals surface area contributed by atoms with Crippen LogP contribution in [0.1, 0.15) is 27.8 Å². The first kappa shape index (κ1) is 30.4. The van der Waals surface area contributed by atoms with Gasteiger partial charge in [0.1, 0.15) is 22.8 Å². The fourth-order valence-electron chi connectivity index (χ4n) is 5.17. The lowest BCUT2D eigenvalue weighted by atomic mass is 10.0. The number of amides is 3. The van der Waals surface area contributed by atoms with Gasteiger partial charge in [-0.25, -0.2) is 9.78 Å². The third-order valence-electron chi connectivity index (χ3n) is 7.36. The molecule has 0 radical (unpaired) electrons. The van der Waals surface area contributed by atoms with Gasteiger partial charge in [-0.05, 0) is 35.8 Å². The molecule has 1 aromatic carbocycles. The molecular weight excluding hydrogens is 647 g/mol. The van der Waals surface area contributed by atoms with Gasteiger partial charge in [-0.3, -0.25) is 24.1 Å². The average Bonchev–Trinajstić information content (AvgIpc) is 3.66. The van der Waals surface area contributed by atoms with Crippen LogP contribution >= 0.6 is 34.9 Å². The van der Waals surface area contributed by atoms with Gasteiger partial charge in [-0.2, -0.15) is 4.73 Å². The lowest BCUT2D eigenvalue weighted by molar-refractivity contribution is -0.151. The van der Waals surface area contributed by atoms with E-state index in [-0.39, 0.29) is 21.3 Å². The van der Waals surface area contributed by atoms with Gasteiger partial charge < -0.3 is 37.1 Å². The number of thioether (sulfide) groups is 2. The molecule has 3 aliphatic rings. The van der Waals surface area contributed by atoms with Gasteiger partial charge in [0.05, 0.1) is 11.9 Å². The summed E-state index contributed by atoms with van der Waals surface area (Å²) >= 11 is 3.79. The topological polar surface area (TPSA) is 229 Å². The van der Waals surface area contributed by atoms with Crippen molar-refractivity contribution < 1.29 is 34.6 Å². The van der Waals surface area contributed by atoms with Gasteiger partial charge in [-0.1, -0.05) is 0 Å². The lowest BCUT2D eigenvalue weighted by Crippen LogP contribution is -2.71. The number of carbonyl (C=O) groups excluding carboxylic acids is 3. The van der Waals surface area contributed by atoms with E-state index >= 15 is 0 Å². The van der Waals surface area contributed by atoms with E-state index in [2.05, 4.69) is 27.0 Å². The number of nitrogens with two attached hydrogens (primary N) is 1. The minimum Gasteiger partial charge on any atom is -0.503 e. The molecule has 1 unspecified atom stereocenters. The maximum absolute atomic E-state index is 13.5. The smallest absolute Gasteiger partial charge is 0.352 e. The van der Waals surface area contributed by atoms with E-state index in [4.69, 9.17) is 5.73 Å². The van der Waals surface area contributed by atoms with E-state index in [0.717, 1.165) is 34.9 Å². The van der Waals surface area contributed by atoms with E-state index in [1.54, 1.807) is 0 Å².